The van der Waals surface area contributed by atoms with Gasteiger partial charge in [-0.25, -0.2) is 9.97 Å². The Morgan fingerprint density at radius 3 is 2.94 bits per heavy atom. The molecule has 3 rings (SSSR count). The fourth-order valence-corrected chi connectivity index (χ4v) is 2.87. The molecular formula is C13H17N3. The van der Waals surface area contributed by atoms with Gasteiger partial charge < -0.3 is 0 Å². The highest BCUT2D eigenvalue weighted by atomic mass is 15.1. The lowest BCUT2D eigenvalue weighted by molar-refractivity contribution is 0.640. The molecule has 0 aromatic carbocycles. The summed E-state index contributed by atoms with van der Waals surface area (Å²) in [6.07, 6.45) is 3.60. The molecule has 2 aromatic heterocycles. The zero-order valence-electron chi connectivity index (χ0n) is 10.1. The molecule has 0 bridgehead atoms. The first-order chi connectivity index (χ1) is 7.70. The smallest absolute Gasteiger partial charge is 0.234 e. The molecule has 1 aliphatic rings. The van der Waals surface area contributed by atoms with Crippen molar-refractivity contribution >= 4 is 5.78 Å². The molecule has 1 atom stereocenters. The standard InChI is InChI=1S/C13H17N3/c1-4-10-5-6-11-12(10)15-13-14-8(2)7-9(3)16(11)13/h7,10H,4-6H2,1-3H3. The lowest BCUT2D eigenvalue weighted by Gasteiger charge is -2.03. The van der Waals surface area contributed by atoms with Crippen LogP contribution >= 0.6 is 0 Å². The van der Waals surface area contributed by atoms with Crippen LogP contribution in [0.15, 0.2) is 6.07 Å². The summed E-state index contributed by atoms with van der Waals surface area (Å²) in [6, 6.07) is 2.13. The predicted molar refractivity (Wildman–Crippen MR) is 63.8 cm³/mol. The second kappa shape index (κ2) is 3.30. The number of aryl methyl sites for hydroxylation is 3. The summed E-state index contributed by atoms with van der Waals surface area (Å²) < 4.78 is 2.23. The van der Waals surface area contributed by atoms with Crippen molar-refractivity contribution in [1.29, 1.82) is 0 Å². The highest BCUT2D eigenvalue weighted by Gasteiger charge is 2.27. The van der Waals surface area contributed by atoms with Gasteiger partial charge in [0, 0.05) is 23.0 Å². The van der Waals surface area contributed by atoms with E-state index in [2.05, 4.69) is 29.3 Å². The first kappa shape index (κ1) is 9.82. The Hall–Kier alpha value is -1.38. The molecule has 0 saturated heterocycles. The minimum absolute atomic E-state index is 0.649. The van der Waals surface area contributed by atoms with E-state index in [1.165, 1.54) is 29.9 Å². The van der Waals surface area contributed by atoms with Crippen LogP contribution in [-0.2, 0) is 6.42 Å². The predicted octanol–water partition coefficient (Wildman–Crippen LogP) is 2.79. The zero-order valence-corrected chi connectivity index (χ0v) is 10.1. The van der Waals surface area contributed by atoms with Crippen LogP contribution in [0.5, 0.6) is 0 Å². The number of hydrogen-bond donors (Lipinski definition) is 0. The lowest BCUT2D eigenvalue weighted by Crippen LogP contribution is -1.99. The fraction of sp³-hybridized carbons (Fsp3) is 0.538. The molecule has 1 aliphatic carbocycles. The number of aromatic nitrogens is 3. The van der Waals surface area contributed by atoms with Crippen LogP contribution in [0.1, 0.15) is 48.5 Å². The van der Waals surface area contributed by atoms with Crippen LogP contribution in [0.2, 0.25) is 0 Å². The molecule has 0 amide bonds. The van der Waals surface area contributed by atoms with E-state index in [0.29, 0.717) is 5.92 Å². The Balaban J connectivity index is 2.31. The molecule has 0 saturated carbocycles. The summed E-state index contributed by atoms with van der Waals surface area (Å²) in [7, 11) is 0. The monoisotopic (exact) mass is 215 g/mol. The number of fused-ring (bicyclic) bond motifs is 3. The minimum Gasteiger partial charge on any atom is -0.285 e. The summed E-state index contributed by atoms with van der Waals surface area (Å²) in [6.45, 7) is 6.42. The van der Waals surface area contributed by atoms with Crippen LogP contribution in [0.3, 0.4) is 0 Å². The molecule has 1 unspecified atom stereocenters. The molecule has 0 spiro atoms. The van der Waals surface area contributed by atoms with Gasteiger partial charge in [-0.1, -0.05) is 6.92 Å². The third kappa shape index (κ3) is 1.20. The molecule has 2 aromatic rings. The van der Waals surface area contributed by atoms with Gasteiger partial charge in [0.15, 0.2) is 0 Å². The van der Waals surface area contributed by atoms with Gasteiger partial charge in [-0.2, -0.15) is 0 Å². The van der Waals surface area contributed by atoms with Gasteiger partial charge in [0.05, 0.1) is 5.69 Å². The van der Waals surface area contributed by atoms with E-state index in [-0.39, 0.29) is 0 Å². The lowest BCUT2D eigenvalue weighted by atomic mass is 10.1. The molecule has 0 aliphatic heterocycles. The quantitative estimate of drug-likeness (QED) is 0.732. The van der Waals surface area contributed by atoms with E-state index in [9.17, 15) is 0 Å². The Morgan fingerprint density at radius 2 is 2.19 bits per heavy atom. The third-order valence-electron chi connectivity index (χ3n) is 3.64. The average Bonchev–Trinajstić information content (AvgIpc) is 2.74. The molecule has 0 N–H and O–H groups in total. The Bertz CT molecular complexity index is 554. The fourth-order valence-electron chi connectivity index (χ4n) is 2.87. The molecule has 2 heterocycles. The first-order valence-electron chi connectivity index (χ1n) is 6.06. The SMILES string of the molecule is CCC1CCc2c1nc1nc(C)cc(C)n21. The number of rotatable bonds is 1. The number of imidazole rings is 1. The van der Waals surface area contributed by atoms with Crippen molar-refractivity contribution in [2.75, 3.05) is 0 Å². The maximum Gasteiger partial charge on any atom is 0.234 e. The van der Waals surface area contributed by atoms with Gasteiger partial charge in [0.2, 0.25) is 5.78 Å². The maximum absolute atomic E-state index is 4.72. The van der Waals surface area contributed by atoms with Crippen molar-refractivity contribution in [2.45, 2.75) is 46.0 Å². The molecule has 16 heavy (non-hydrogen) atoms. The molecular weight excluding hydrogens is 198 g/mol. The molecule has 84 valence electrons. The van der Waals surface area contributed by atoms with E-state index in [1.54, 1.807) is 0 Å². The topological polar surface area (TPSA) is 30.2 Å². The second-order valence-electron chi connectivity index (χ2n) is 4.76. The molecule has 3 nitrogen and oxygen atoms in total. The third-order valence-corrected chi connectivity index (χ3v) is 3.64. The Morgan fingerprint density at radius 1 is 1.38 bits per heavy atom. The van der Waals surface area contributed by atoms with Gasteiger partial charge >= 0.3 is 0 Å². The zero-order chi connectivity index (χ0) is 11.3. The van der Waals surface area contributed by atoms with Gasteiger partial charge in [-0.05, 0) is 39.2 Å². The van der Waals surface area contributed by atoms with Crippen LogP contribution in [-0.4, -0.2) is 14.4 Å². The van der Waals surface area contributed by atoms with E-state index in [0.717, 1.165) is 17.9 Å². The number of nitrogens with zero attached hydrogens (tertiary/aromatic N) is 3. The van der Waals surface area contributed by atoms with Crippen molar-refractivity contribution in [3.63, 3.8) is 0 Å². The summed E-state index contributed by atoms with van der Waals surface area (Å²) in [5, 5.41) is 0. The second-order valence-corrected chi connectivity index (χ2v) is 4.76. The summed E-state index contributed by atoms with van der Waals surface area (Å²) in [5.74, 6) is 1.54. The van der Waals surface area contributed by atoms with E-state index < -0.39 is 0 Å². The van der Waals surface area contributed by atoms with Crippen LogP contribution in [0.4, 0.5) is 0 Å². The van der Waals surface area contributed by atoms with E-state index >= 15 is 0 Å². The first-order valence-corrected chi connectivity index (χ1v) is 6.06. The van der Waals surface area contributed by atoms with Gasteiger partial charge in [0.1, 0.15) is 0 Å². The van der Waals surface area contributed by atoms with Crippen molar-refractivity contribution < 1.29 is 0 Å². The van der Waals surface area contributed by atoms with E-state index in [1.807, 2.05) is 6.92 Å². The van der Waals surface area contributed by atoms with E-state index in [4.69, 9.17) is 4.98 Å². The largest absolute Gasteiger partial charge is 0.285 e. The van der Waals surface area contributed by atoms with Crippen molar-refractivity contribution in [2.24, 2.45) is 0 Å². The Labute approximate surface area is 95.5 Å². The van der Waals surface area contributed by atoms with Crippen LogP contribution < -0.4 is 0 Å². The summed E-state index contributed by atoms with van der Waals surface area (Å²) in [5.41, 5.74) is 5.00. The van der Waals surface area contributed by atoms with Gasteiger partial charge in [-0.15, -0.1) is 0 Å². The van der Waals surface area contributed by atoms with Gasteiger partial charge in [-0.3, -0.25) is 4.40 Å². The van der Waals surface area contributed by atoms with Crippen LogP contribution in [0.25, 0.3) is 5.78 Å². The minimum atomic E-state index is 0.649. The Kier molecular flexibility index (Phi) is 2.03. The molecule has 0 fully saturated rings. The van der Waals surface area contributed by atoms with Crippen molar-refractivity contribution in [1.82, 2.24) is 14.4 Å². The summed E-state index contributed by atoms with van der Waals surface area (Å²) >= 11 is 0. The van der Waals surface area contributed by atoms with Gasteiger partial charge in [0.25, 0.3) is 0 Å². The molecule has 3 heteroatoms. The van der Waals surface area contributed by atoms with Crippen molar-refractivity contribution in [3.05, 3.63) is 28.8 Å². The normalized spacial score (nSPS) is 19.3. The number of hydrogen-bond acceptors (Lipinski definition) is 2. The van der Waals surface area contributed by atoms with Crippen LogP contribution in [0, 0.1) is 13.8 Å². The highest BCUT2D eigenvalue weighted by molar-refractivity contribution is 5.42. The molecule has 0 radical (unpaired) electrons. The maximum atomic E-state index is 4.72. The average molecular weight is 215 g/mol. The highest BCUT2D eigenvalue weighted by Crippen LogP contribution is 2.35. The summed E-state index contributed by atoms with van der Waals surface area (Å²) in [4.78, 5) is 9.24. The van der Waals surface area contributed by atoms with Crippen molar-refractivity contribution in [3.8, 4) is 0 Å².